The second kappa shape index (κ2) is 8.61. The molecule has 2 rings (SSSR count). The molecule has 0 aliphatic heterocycles. The number of carbonyl (C=O) groups is 1. The van der Waals surface area contributed by atoms with E-state index in [-0.39, 0.29) is 63.7 Å². The van der Waals surface area contributed by atoms with E-state index in [0.717, 1.165) is 11.6 Å². The Bertz CT molecular complexity index is 977. The molecule has 6 nitrogen and oxygen atoms in total. The van der Waals surface area contributed by atoms with E-state index >= 15 is 0 Å². The largest absolute Gasteiger partial charge is 0.507 e. The highest BCUT2D eigenvalue weighted by molar-refractivity contribution is 6.11. The van der Waals surface area contributed by atoms with E-state index in [1.807, 2.05) is 33.8 Å². The Hall–Kier alpha value is -2.60. The van der Waals surface area contributed by atoms with E-state index in [9.17, 15) is 24.9 Å². The SMILES string of the molecule is CC[C@H](O)c1cc(=O)oc2c(C(=O)CC(C)C)c(O)c(CC=C(C)C)c(O)c12. The summed E-state index contributed by atoms with van der Waals surface area (Å²) in [5, 5.41) is 32.2. The van der Waals surface area contributed by atoms with Crippen LogP contribution in [0.4, 0.5) is 0 Å². The summed E-state index contributed by atoms with van der Waals surface area (Å²) in [6.45, 7) is 9.22. The first-order valence-corrected chi connectivity index (χ1v) is 9.47. The average molecular weight is 388 g/mol. The van der Waals surface area contributed by atoms with Crippen LogP contribution in [0.25, 0.3) is 11.0 Å². The number of rotatable bonds is 7. The van der Waals surface area contributed by atoms with Crippen LogP contribution < -0.4 is 5.63 Å². The van der Waals surface area contributed by atoms with E-state index < -0.39 is 11.7 Å². The highest BCUT2D eigenvalue weighted by Crippen LogP contribution is 2.43. The first-order valence-electron chi connectivity index (χ1n) is 9.47. The molecule has 0 saturated heterocycles. The van der Waals surface area contributed by atoms with Crippen molar-refractivity contribution >= 4 is 16.8 Å². The summed E-state index contributed by atoms with van der Waals surface area (Å²) in [6, 6.07) is 1.12. The normalized spacial score (nSPS) is 12.4. The van der Waals surface area contributed by atoms with Gasteiger partial charge in [-0.1, -0.05) is 32.4 Å². The van der Waals surface area contributed by atoms with Gasteiger partial charge < -0.3 is 19.7 Å². The number of phenolic OH excluding ortho intramolecular Hbond substituents is 2. The highest BCUT2D eigenvalue weighted by atomic mass is 16.4. The van der Waals surface area contributed by atoms with Crippen molar-refractivity contribution in [2.75, 3.05) is 0 Å². The maximum atomic E-state index is 12.9. The molecular weight excluding hydrogens is 360 g/mol. The number of aliphatic hydroxyl groups is 1. The van der Waals surface area contributed by atoms with Gasteiger partial charge in [0.2, 0.25) is 0 Å². The lowest BCUT2D eigenvalue weighted by atomic mass is 9.91. The Morgan fingerprint density at radius 2 is 1.86 bits per heavy atom. The number of phenols is 2. The third-order valence-corrected chi connectivity index (χ3v) is 4.60. The van der Waals surface area contributed by atoms with Crippen LogP contribution in [0.5, 0.6) is 11.5 Å². The van der Waals surface area contributed by atoms with Crippen LogP contribution in [-0.2, 0) is 6.42 Å². The van der Waals surface area contributed by atoms with Crippen molar-refractivity contribution in [3.8, 4) is 11.5 Å². The van der Waals surface area contributed by atoms with Crippen LogP contribution in [0.3, 0.4) is 0 Å². The van der Waals surface area contributed by atoms with Crippen molar-refractivity contribution in [3.63, 3.8) is 0 Å². The van der Waals surface area contributed by atoms with Crippen molar-refractivity contribution < 1.29 is 24.5 Å². The number of aromatic hydroxyl groups is 2. The molecule has 3 N–H and O–H groups in total. The lowest BCUT2D eigenvalue weighted by Crippen LogP contribution is -2.11. The number of ketones is 1. The van der Waals surface area contributed by atoms with Gasteiger partial charge in [-0.25, -0.2) is 4.79 Å². The minimum atomic E-state index is -1.02. The van der Waals surface area contributed by atoms with Gasteiger partial charge in [-0.15, -0.1) is 0 Å². The number of allylic oxidation sites excluding steroid dienone is 2. The molecule has 1 aromatic carbocycles. The molecular formula is C22H28O6. The topological polar surface area (TPSA) is 108 Å². The van der Waals surface area contributed by atoms with Crippen molar-refractivity contribution in [2.45, 2.75) is 60.0 Å². The van der Waals surface area contributed by atoms with Crippen LogP contribution in [0.1, 0.15) is 75.0 Å². The summed E-state index contributed by atoms with van der Waals surface area (Å²) in [4.78, 5) is 25.0. The van der Waals surface area contributed by atoms with Gasteiger partial charge in [0, 0.05) is 23.6 Å². The van der Waals surface area contributed by atoms with E-state index in [0.29, 0.717) is 6.42 Å². The standard InChI is InChI=1S/C22H28O6/c1-6-15(23)14-10-17(25)28-22-18(14)20(26)13(8-7-11(2)3)21(27)19(22)16(24)9-12(4)5/h7,10,12,15,23,26-27H,6,8-9H2,1-5H3/t15-/m0/s1. The fourth-order valence-electron chi connectivity index (χ4n) is 3.17. The van der Waals surface area contributed by atoms with Gasteiger partial charge in [0.05, 0.1) is 11.5 Å². The molecule has 1 atom stereocenters. The zero-order valence-corrected chi connectivity index (χ0v) is 17.0. The maximum Gasteiger partial charge on any atom is 0.336 e. The van der Waals surface area contributed by atoms with Gasteiger partial charge in [-0.2, -0.15) is 0 Å². The Balaban J connectivity index is 2.99. The van der Waals surface area contributed by atoms with Crippen molar-refractivity contribution in [1.82, 2.24) is 0 Å². The third-order valence-electron chi connectivity index (χ3n) is 4.60. The molecule has 0 fully saturated rings. The second-order valence-corrected chi connectivity index (χ2v) is 7.71. The first kappa shape index (κ1) is 21.7. The fraction of sp³-hybridized carbons (Fsp3) is 0.455. The molecule has 0 spiro atoms. The molecule has 0 saturated carbocycles. The molecule has 0 amide bonds. The summed E-state index contributed by atoms with van der Waals surface area (Å²) in [5.74, 6) is -1.05. The molecule has 0 unspecified atom stereocenters. The summed E-state index contributed by atoms with van der Waals surface area (Å²) in [5.41, 5.74) is 0.256. The summed E-state index contributed by atoms with van der Waals surface area (Å²) >= 11 is 0. The molecule has 1 heterocycles. The van der Waals surface area contributed by atoms with Crippen molar-refractivity contribution in [2.24, 2.45) is 5.92 Å². The minimum absolute atomic E-state index is 0.0214. The summed E-state index contributed by atoms with van der Waals surface area (Å²) in [6.07, 6.45) is 1.42. The number of benzene rings is 1. The smallest absolute Gasteiger partial charge is 0.336 e. The zero-order valence-electron chi connectivity index (χ0n) is 17.0. The van der Waals surface area contributed by atoms with Crippen LogP contribution in [0.2, 0.25) is 0 Å². The zero-order chi connectivity index (χ0) is 21.2. The molecule has 0 aliphatic carbocycles. The predicted octanol–water partition coefficient (Wildman–Crippen LogP) is 4.39. The van der Waals surface area contributed by atoms with Crippen LogP contribution >= 0.6 is 0 Å². The Kier molecular flexibility index (Phi) is 6.67. The lowest BCUT2D eigenvalue weighted by molar-refractivity contribution is 0.0965. The monoisotopic (exact) mass is 388 g/mol. The van der Waals surface area contributed by atoms with Gasteiger partial charge in [-0.05, 0) is 32.6 Å². The Labute approximate surface area is 164 Å². The number of carbonyl (C=O) groups excluding carboxylic acids is 1. The second-order valence-electron chi connectivity index (χ2n) is 7.71. The molecule has 0 bridgehead atoms. The molecule has 0 aliphatic rings. The quantitative estimate of drug-likeness (QED) is 0.369. The number of Topliss-reactive ketones (excluding diaryl/α,β-unsaturated/α-hetero) is 1. The van der Waals surface area contributed by atoms with Gasteiger partial charge >= 0.3 is 5.63 Å². The molecule has 152 valence electrons. The fourth-order valence-corrected chi connectivity index (χ4v) is 3.17. The van der Waals surface area contributed by atoms with Gasteiger partial charge in [0.15, 0.2) is 11.4 Å². The highest BCUT2D eigenvalue weighted by Gasteiger charge is 2.28. The maximum absolute atomic E-state index is 12.9. The molecule has 28 heavy (non-hydrogen) atoms. The summed E-state index contributed by atoms with van der Waals surface area (Å²) in [7, 11) is 0. The van der Waals surface area contributed by atoms with Crippen LogP contribution in [0, 0.1) is 5.92 Å². The van der Waals surface area contributed by atoms with Crippen LogP contribution in [0.15, 0.2) is 26.9 Å². The van der Waals surface area contributed by atoms with E-state index in [1.54, 1.807) is 6.92 Å². The number of hydrogen-bond donors (Lipinski definition) is 3. The van der Waals surface area contributed by atoms with Crippen molar-refractivity contribution in [3.05, 3.63) is 44.8 Å². The molecule has 1 aromatic heterocycles. The minimum Gasteiger partial charge on any atom is -0.507 e. The van der Waals surface area contributed by atoms with Gasteiger partial charge in [0.1, 0.15) is 17.1 Å². The van der Waals surface area contributed by atoms with E-state index in [2.05, 4.69) is 0 Å². The Morgan fingerprint density at radius 3 is 2.39 bits per heavy atom. The average Bonchev–Trinajstić information content (AvgIpc) is 2.59. The van der Waals surface area contributed by atoms with Crippen molar-refractivity contribution in [1.29, 1.82) is 0 Å². The van der Waals surface area contributed by atoms with Gasteiger partial charge in [0.25, 0.3) is 0 Å². The number of hydrogen-bond acceptors (Lipinski definition) is 6. The molecule has 6 heteroatoms. The van der Waals surface area contributed by atoms with E-state index in [1.165, 1.54) is 0 Å². The summed E-state index contributed by atoms with van der Waals surface area (Å²) < 4.78 is 5.25. The lowest BCUT2D eigenvalue weighted by Gasteiger charge is -2.18. The number of aliphatic hydroxyl groups excluding tert-OH is 1. The number of fused-ring (bicyclic) bond motifs is 1. The molecule has 0 radical (unpaired) electrons. The predicted molar refractivity (Wildman–Crippen MR) is 108 cm³/mol. The van der Waals surface area contributed by atoms with E-state index in [4.69, 9.17) is 4.42 Å². The third kappa shape index (κ3) is 4.28. The first-order chi connectivity index (χ1) is 13.1. The molecule has 2 aromatic rings. The van der Waals surface area contributed by atoms with Gasteiger partial charge in [-0.3, -0.25) is 4.79 Å². The Morgan fingerprint density at radius 1 is 1.21 bits per heavy atom. The van der Waals surface area contributed by atoms with Crippen LogP contribution in [-0.4, -0.2) is 21.1 Å².